The first-order chi connectivity index (χ1) is 13.5. The molecule has 0 aliphatic rings. The second kappa shape index (κ2) is 17.3. The number of aromatic hydroxyl groups is 1. The number of para-hydroxylation sites is 1. The summed E-state index contributed by atoms with van der Waals surface area (Å²) in [6, 6.07) is 7.49. The Balaban J connectivity index is 0.00000129. The van der Waals surface area contributed by atoms with E-state index in [9.17, 15) is 9.90 Å². The summed E-state index contributed by atoms with van der Waals surface area (Å²) in [4.78, 5) is 9.25. The molecule has 160 valence electrons. The van der Waals surface area contributed by atoms with Crippen molar-refractivity contribution in [1.82, 2.24) is 0 Å². The minimum atomic E-state index is -0.981. The van der Waals surface area contributed by atoms with Gasteiger partial charge in [-0.25, -0.2) is 4.79 Å². The second-order valence-corrected chi connectivity index (χ2v) is 6.58. The van der Waals surface area contributed by atoms with E-state index in [2.05, 4.69) is 20.4 Å². The van der Waals surface area contributed by atoms with E-state index in [4.69, 9.17) is 14.6 Å². The van der Waals surface area contributed by atoms with Crippen LogP contribution in [0, 0.1) is 0 Å². The molecule has 1 aromatic rings. The molecular formula is C23H38O5. The van der Waals surface area contributed by atoms with E-state index in [1.807, 2.05) is 25.1 Å². The maximum absolute atomic E-state index is 10.1. The van der Waals surface area contributed by atoms with E-state index in [1.165, 1.54) is 32.1 Å². The smallest absolute Gasteiger partial charge is 0.327 e. The van der Waals surface area contributed by atoms with Crippen molar-refractivity contribution in [2.75, 3.05) is 6.61 Å². The largest absolute Gasteiger partial charge is 0.508 e. The van der Waals surface area contributed by atoms with E-state index < -0.39 is 5.97 Å². The van der Waals surface area contributed by atoms with Gasteiger partial charge in [0.25, 0.3) is 0 Å². The fraction of sp³-hybridized carbons (Fsp3) is 0.609. The number of benzene rings is 1. The Hall–Kier alpha value is -1.85. The summed E-state index contributed by atoms with van der Waals surface area (Å²) in [5, 5.41) is 17.8. The van der Waals surface area contributed by atoms with Crippen LogP contribution in [-0.2, 0) is 14.3 Å². The quantitative estimate of drug-likeness (QED) is 0.222. The van der Waals surface area contributed by atoms with Crippen molar-refractivity contribution in [2.24, 2.45) is 0 Å². The van der Waals surface area contributed by atoms with Gasteiger partial charge in [0.15, 0.2) is 6.29 Å². The van der Waals surface area contributed by atoms with Gasteiger partial charge >= 0.3 is 5.97 Å². The summed E-state index contributed by atoms with van der Waals surface area (Å²) in [6.07, 6.45) is 9.80. The van der Waals surface area contributed by atoms with E-state index in [0.717, 1.165) is 30.9 Å². The highest BCUT2D eigenvalue weighted by Crippen LogP contribution is 2.32. The lowest BCUT2D eigenvalue weighted by molar-refractivity contribution is -0.173. The van der Waals surface area contributed by atoms with Gasteiger partial charge in [-0.2, -0.15) is 0 Å². The maximum Gasteiger partial charge on any atom is 0.327 e. The number of aliphatic carboxylic acids is 1. The predicted molar refractivity (Wildman–Crippen MR) is 113 cm³/mol. The average molecular weight is 395 g/mol. The first-order valence-corrected chi connectivity index (χ1v) is 10.4. The normalized spacial score (nSPS) is 12.5. The van der Waals surface area contributed by atoms with Crippen molar-refractivity contribution in [3.8, 4) is 5.75 Å². The number of carboxylic acids is 1. The van der Waals surface area contributed by atoms with Gasteiger partial charge in [0, 0.05) is 18.2 Å². The molecule has 0 fully saturated rings. The van der Waals surface area contributed by atoms with Crippen molar-refractivity contribution < 1.29 is 24.5 Å². The molecule has 0 spiro atoms. The van der Waals surface area contributed by atoms with E-state index in [0.29, 0.717) is 12.4 Å². The van der Waals surface area contributed by atoms with Crippen molar-refractivity contribution >= 4 is 5.97 Å². The molecule has 5 nitrogen and oxygen atoms in total. The molecule has 0 radical (unpaired) electrons. The Labute approximate surface area is 170 Å². The van der Waals surface area contributed by atoms with Crippen LogP contribution in [0.3, 0.4) is 0 Å². The first-order valence-electron chi connectivity index (χ1n) is 10.4. The maximum atomic E-state index is 10.1. The zero-order valence-corrected chi connectivity index (χ0v) is 17.7. The van der Waals surface area contributed by atoms with Crippen LogP contribution >= 0.6 is 0 Å². The number of hydrogen-bond acceptors (Lipinski definition) is 4. The average Bonchev–Trinajstić information content (AvgIpc) is 2.70. The summed E-state index contributed by atoms with van der Waals surface area (Å²) >= 11 is 0. The highest BCUT2D eigenvalue weighted by molar-refractivity contribution is 5.78. The van der Waals surface area contributed by atoms with Crippen LogP contribution in [0.4, 0.5) is 0 Å². The number of ether oxygens (including phenoxy) is 2. The third kappa shape index (κ3) is 12.5. The summed E-state index contributed by atoms with van der Waals surface area (Å²) in [6.45, 7) is 9.88. The Morgan fingerprint density at radius 2 is 1.71 bits per heavy atom. The molecular weight excluding hydrogens is 356 g/mol. The van der Waals surface area contributed by atoms with Crippen LogP contribution in [0.15, 0.2) is 36.9 Å². The summed E-state index contributed by atoms with van der Waals surface area (Å²) in [5.41, 5.74) is 0.874. The summed E-state index contributed by atoms with van der Waals surface area (Å²) in [7, 11) is 0. The van der Waals surface area contributed by atoms with Crippen molar-refractivity contribution in [3.05, 3.63) is 42.5 Å². The molecule has 0 bridgehead atoms. The summed E-state index contributed by atoms with van der Waals surface area (Å²) in [5.74, 6) is -0.667. The molecule has 0 saturated heterocycles. The van der Waals surface area contributed by atoms with Crippen LogP contribution in [-0.4, -0.2) is 29.1 Å². The molecule has 1 rings (SSSR count). The van der Waals surface area contributed by atoms with Crippen LogP contribution in [0.2, 0.25) is 0 Å². The Morgan fingerprint density at radius 1 is 1.11 bits per heavy atom. The van der Waals surface area contributed by atoms with Gasteiger partial charge in [0.05, 0.1) is 6.10 Å². The van der Waals surface area contributed by atoms with Crippen molar-refractivity contribution in [2.45, 2.75) is 84.5 Å². The Bertz CT molecular complexity index is 529. The first kappa shape index (κ1) is 26.1. The van der Waals surface area contributed by atoms with Crippen molar-refractivity contribution in [3.63, 3.8) is 0 Å². The molecule has 0 saturated carbocycles. The highest BCUT2D eigenvalue weighted by Gasteiger charge is 2.20. The van der Waals surface area contributed by atoms with Crippen LogP contribution < -0.4 is 0 Å². The lowest BCUT2D eigenvalue weighted by Gasteiger charge is -2.25. The predicted octanol–water partition coefficient (Wildman–Crippen LogP) is 6.23. The summed E-state index contributed by atoms with van der Waals surface area (Å²) < 4.78 is 11.8. The lowest BCUT2D eigenvalue weighted by atomic mass is 10.0. The van der Waals surface area contributed by atoms with Gasteiger partial charge in [-0.1, -0.05) is 77.2 Å². The molecule has 1 aromatic carbocycles. The second-order valence-electron chi connectivity index (χ2n) is 6.58. The van der Waals surface area contributed by atoms with Crippen molar-refractivity contribution in [1.29, 1.82) is 0 Å². The van der Waals surface area contributed by atoms with Gasteiger partial charge in [-0.05, 0) is 25.8 Å². The van der Waals surface area contributed by atoms with Gasteiger partial charge in [-0.15, -0.1) is 0 Å². The number of phenols is 1. The molecule has 0 amide bonds. The zero-order chi connectivity index (χ0) is 21.2. The van der Waals surface area contributed by atoms with E-state index in [-0.39, 0.29) is 12.4 Å². The lowest BCUT2D eigenvalue weighted by Crippen LogP contribution is -2.20. The number of rotatable bonds is 14. The molecule has 2 unspecified atom stereocenters. The number of hydrogen-bond donors (Lipinski definition) is 2. The molecule has 2 atom stereocenters. The Morgan fingerprint density at radius 3 is 2.25 bits per heavy atom. The number of carboxylic acid groups (broad SMARTS) is 1. The number of phenolic OH excluding ortho intramolecular Hbond substituents is 1. The van der Waals surface area contributed by atoms with E-state index >= 15 is 0 Å². The third-order valence-corrected chi connectivity index (χ3v) is 4.28. The van der Waals surface area contributed by atoms with Crippen LogP contribution in [0.5, 0.6) is 5.75 Å². The zero-order valence-electron chi connectivity index (χ0n) is 17.7. The fourth-order valence-corrected chi connectivity index (χ4v) is 2.79. The van der Waals surface area contributed by atoms with Gasteiger partial charge in [0.2, 0.25) is 0 Å². The SMILES string of the molecule is C=CC(=O)O.CCCCCCCCC(OC(CC)OCC)c1ccccc1O. The minimum Gasteiger partial charge on any atom is -0.508 e. The molecule has 0 aliphatic carbocycles. The third-order valence-electron chi connectivity index (χ3n) is 4.28. The molecule has 0 aliphatic heterocycles. The standard InChI is InChI=1S/C20H34O3.C3H4O2/c1-4-7-8-9-10-11-16-19(23-20(5-2)22-6-3)17-14-12-13-15-18(17)21;1-2-3(4)5/h12-15,19-21H,4-11,16H2,1-3H3;2H,1H2,(H,4,5). The highest BCUT2D eigenvalue weighted by atomic mass is 16.7. The van der Waals surface area contributed by atoms with Crippen LogP contribution in [0.1, 0.15) is 83.8 Å². The molecule has 5 heteroatoms. The molecule has 0 aromatic heterocycles. The Kier molecular flexibility index (Phi) is 16.1. The molecule has 28 heavy (non-hydrogen) atoms. The number of carbonyl (C=O) groups is 1. The minimum absolute atomic E-state index is 0.0983. The number of unbranched alkanes of at least 4 members (excludes halogenated alkanes) is 5. The van der Waals surface area contributed by atoms with E-state index in [1.54, 1.807) is 6.07 Å². The molecule has 2 N–H and O–H groups in total. The van der Waals surface area contributed by atoms with Crippen LogP contribution in [0.25, 0.3) is 0 Å². The van der Waals surface area contributed by atoms with Gasteiger partial charge < -0.3 is 19.7 Å². The topological polar surface area (TPSA) is 76.0 Å². The van der Waals surface area contributed by atoms with Gasteiger partial charge in [-0.3, -0.25) is 0 Å². The molecule has 0 heterocycles. The fourth-order valence-electron chi connectivity index (χ4n) is 2.79. The monoisotopic (exact) mass is 394 g/mol. The van der Waals surface area contributed by atoms with Gasteiger partial charge in [0.1, 0.15) is 5.75 Å².